The van der Waals surface area contributed by atoms with Crippen LogP contribution < -0.4 is 0 Å². The van der Waals surface area contributed by atoms with Crippen molar-refractivity contribution in [3.8, 4) is 0 Å². The van der Waals surface area contributed by atoms with Crippen molar-refractivity contribution in [3.63, 3.8) is 0 Å². The van der Waals surface area contributed by atoms with Gasteiger partial charge in [-0.2, -0.15) is 12.6 Å². The number of hydrogen-bond acceptors (Lipinski definition) is 3. The number of ether oxygens (including phenoxy) is 1. The Morgan fingerprint density at radius 2 is 2.35 bits per heavy atom. The van der Waals surface area contributed by atoms with Crippen LogP contribution in [0.25, 0.3) is 0 Å². The molecule has 4 heteroatoms. The van der Waals surface area contributed by atoms with Gasteiger partial charge in [-0.1, -0.05) is 6.08 Å². The molecule has 0 aromatic rings. The largest absolute Gasteiger partial charge is 0.380 e. The Labute approximate surface area is 109 Å². The Morgan fingerprint density at radius 3 is 2.82 bits per heavy atom. The molecule has 3 nitrogen and oxygen atoms in total. The van der Waals surface area contributed by atoms with Gasteiger partial charge in [-0.05, 0) is 36.0 Å². The fraction of sp³-hybridized carbons (Fsp3) is 0.769. The van der Waals surface area contributed by atoms with Gasteiger partial charge in [0.15, 0.2) is 0 Å². The Balaban J connectivity index is 1.82. The summed E-state index contributed by atoms with van der Waals surface area (Å²) in [5, 5.41) is 0. The highest BCUT2D eigenvalue weighted by molar-refractivity contribution is 7.80. The second kappa shape index (κ2) is 5.44. The topological polar surface area (TPSA) is 29.5 Å². The molecular formula is C13H21NO2S. The molecule has 17 heavy (non-hydrogen) atoms. The second-order valence-corrected chi connectivity index (χ2v) is 5.54. The number of hydrogen-bond donors (Lipinski definition) is 1. The van der Waals surface area contributed by atoms with E-state index >= 15 is 0 Å². The Kier molecular flexibility index (Phi) is 4.15. The van der Waals surface area contributed by atoms with E-state index in [2.05, 4.69) is 18.7 Å². The van der Waals surface area contributed by atoms with Gasteiger partial charge in [0.25, 0.3) is 0 Å². The van der Waals surface area contributed by atoms with Crippen molar-refractivity contribution in [3.05, 3.63) is 11.6 Å². The normalized spacial score (nSPS) is 22.2. The van der Waals surface area contributed by atoms with Gasteiger partial charge in [0.1, 0.15) is 0 Å². The molecule has 96 valence electrons. The van der Waals surface area contributed by atoms with Crippen LogP contribution in [0.5, 0.6) is 0 Å². The molecule has 0 N–H and O–H groups in total. The highest BCUT2D eigenvalue weighted by atomic mass is 32.1. The summed E-state index contributed by atoms with van der Waals surface area (Å²) in [6, 6.07) is 0. The first-order chi connectivity index (χ1) is 8.19. The predicted molar refractivity (Wildman–Crippen MR) is 71.3 cm³/mol. The lowest BCUT2D eigenvalue weighted by Crippen LogP contribution is -2.36. The third kappa shape index (κ3) is 3.26. The molecule has 0 aromatic carbocycles. The molecule has 1 aliphatic heterocycles. The van der Waals surface area contributed by atoms with Crippen LogP contribution in [0.3, 0.4) is 0 Å². The second-order valence-electron chi connectivity index (χ2n) is 5.22. The maximum atomic E-state index is 12.1. The zero-order chi connectivity index (χ0) is 12.3. The molecule has 0 bridgehead atoms. The highest BCUT2D eigenvalue weighted by Crippen LogP contribution is 2.49. The van der Waals surface area contributed by atoms with Crippen LogP contribution in [0, 0.1) is 5.41 Å². The number of rotatable bonds is 5. The molecule has 0 aromatic heterocycles. The van der Waals surface area contributed by atoms with Gasteiger partial charge in [-0.3, -0.25) is 4.79 Å². The van der Waals surface area contributed by atoms with Gasteiger partial charge >= 0.3 is 0 Å². The minimum absolute atomic E-state index is 0.233. The average Bonchev–Trinajstić information content (AvgIpc) is 3.11. The molecule has 1 saturated carbocycles. The lowest BCUT2D eigenvalue weighted by Gasteiger charge is -2.27. The summed E-state index contributed by atoms with van der Waals surface area (Å²) >= 11 is 4.34. The Hall–Kier alpha value is -0.480. The lowest BCUT2D eigenvalue weighted by molar-refractivity contribution is -0.132. The minimum atomic E-state index is 0.233. The standard InChI is InChI=1S/C13H21NO2S/c1-16-9-11-2-6-14(7-3-11)12(15)8-13(10-17)4-5-13/h2,17H,3-10H2,1H3. The third-order valence-corrected chi connectivity index (χ3v) is 4.48. The number of nitrogens with zero attached hydrogens (tertiary/aromatic N) is 1. The molecule has 1 aliphatic carbocycles. The number of carbonyl (C=O) groups is 1. The van der Waals surface area contributed by atoms with Crippen molar-refractivity contribution in [2.45, 2.75) is 25.7 Å². The van der Waals surface area contributed by atoms with Crippen LogP contribution in [-0.4, -0.2) is 43.4 Å². The van der Waals surface area contributed by atoms with Gasteiger partial charge in [0, 0.05) is 26.6 Å². The molecule has 0 radical (unpaired) electrons. The van der Waals surface area contributed by atoms with E-state index < -0.39 is 0 Å². The molecule has 0 spiro atoms. The van der Waals surface area contributed by atoms with Gasteiger partial charge in [0.05, 0.1) is 6.61 Å². The number of thiol groups is 1. The van der Waals surface area contributed by atoms with Crippen molar-refractivity contribution in [1.29, 1.82) is 0 Å². The van der Waals surface area contributed by atoms with Gasteiger partial charge in [-0.15, -0.1) is 0 Å². The number of methoxy groups -OCH3 is 1. The SMILES string of the molecule is COCC1=CCN(C(=O)CC2(CS)CC2)CC1. The summed E-state index contributed by atoms with van der Waals surface area (Å²) < 4.78 is 5.10. The maximum absolute atomic E-state index is 12.1. The summed E-state index contributed by atoms with van der Waals surface area (Å²) in [6.45, 7) is 2.29. The highest BCUT2D eigenvalue weighted by Gasteiger charge is 2.43. The molecule has 1 fully saturated rings. The van der Waals surface area contributed by atoms with Gasteiger partial charge < -0.3 is 9.64 Å². The first kappa shape index (κ1) is 13.0. The lowest BCUT2D eigenvalue weighted by atomic mass is 10.0. The Morgan fingerprint density at radius 1 is 1.59 bits per heavy atom. The quantitative estimate of drug-likeness (QED) is 0.600. The van der Waals surface area contributed by atoms with Gasteiger partial charge in [0.2, 0.25) is 5.91 Å². The zero-order valence-corrected chi connectivity index (χ0v) is 11.3. The summed E-state index contributed by atoms with van der Waals surface area (Å²) in [5.74, 6) is 1.14. The molecule has 2 aliphatic rings. The van der Waals surface area contributed by atoms with E-state index in [0.29, 0.717) is 18.9 Å². The zero-order valence-electron chi connectivity index (χ0n) is 10.4. The van der Waals surface area contributed by atoms with Crippen molar-refractivity contribution < 1.29 is 9.53 Å². The van der Waals surface area contributed by atoms with Crippen LogP contribution in [-0.2, 0) is 9.53 Å². The van der Waals surface area contributed by atoms with Crippen LogP contribution in [0.15, 0.2) is 11.6 Å². The van der Waals surface area contributed by atoms with Crippen molar-refractivity contribution >= 4 is 18.5 Å². The van der Waals surface area contributed by atoms with E-state index in [1.54, 1.807) is 7.11 Å². The molecule has 2 rings (SSSR count). The fourth-order valence-electron chi connectivity index (χ4n) is 2.25. The van der Waals surface area contributed by atoms with Crippen molar-refractivity contribution in [2.24, 2.45) is 5.41 Å². The smallest absolute Gasteiger partial charge is 0.223 e. The van der Waals surface area contributed by atoms with Crippen LogP contribution >= 0.6 is 12.6 Å². The maximum Gasteiger partial charge on any atom is 0.223 e. The molecule has 1 amide bonds. The number of carbonyl (C=O) groups excluding carboxylic acids is 1. The van der Waals surface area contributed by atoms with Crippen molar-refractivity contribution in [2.75, 3.05) is 32.6 Å². The van der Waals surface area contributed by atoms with E-state index in [0.717, 1.165) is 25.3 Å². The molecule has 0 unspecified atom stereocenters. The van der Waals surface area contributed by atoms with Crippen molar-refractivity contribution in [1.82, 2.24) is 4.90 Å². The predicted octanol–water partition coefficient (Wildman–Crippen LogP) is 1.89. The molecular weight excluding hydrogens is 234 g/mol. The van der Waals surface area contributed by atoms with E-state index in [4.69, 9.17) is 4.74 Å². The van der Waals surface area contributed by atoms with E-state index in [1.807, 2.05) is 4.90 Å². The Bertz CT molecular complexity index is 323. The molecule has 0 atom stereocenters. The van der Waals surface area contributed by atoms with E-state index in [-0.39, 0.29) is 5.41 Å². The summed E-state index contributed by atoms with van der Waals surface area (Å²) in [5.41, 5.74) is 1.54. The fourth-order valence-corrected chi connectivity index (χ4v) is 2.68. The first-order valence-corrected chi connectivity index (χ1v) is 6.88. The minimum Gasteiger partial charge on any atom is -0.380 e. The average molecular weight is 255 g/mol. The first-order valence-electron chi connectivity index (χ1n) is 6.25. The molecule has 0 saturated heterocycles. The monoisotopic (exact) mass is 255 g/mol. The van der Waals surface area contributed by atoms with Crippen LogP contribution in [0.4, 0.5) is 0 Å². The van der Waals surface area contributed by atoms with Crippen LogP contribution in [0.2, 0.25) is 0 Å². The molecule has 1 heterocycles. The van der Waals surface area contributed by atoms with E-state index in [1.165, 1.54) is 18.4 Å². The van der Waals surface area contributed by atoms with Gasteiger partial charge in [-0.25, -0.2) is 0 Å². The summed E-state index contributed by atoms with van der Waals surface area (Å²) in [7, 11) is 1.71. The third-order valence-electron chi connectivity index (χ3n) is 3.80. The number of amides is 1. The summed E-state index contributed by atoms with van der Waals surface area (Å²) in [6.07, 6.45) is 6.10. The van der Waals surface area contributed by atoms with E-state index in [9.17, 15) is 4.79 Å². The summed E-state index contributed by atoms with van der Waals surface area (Å²) in [4.78, 5) is 14.1. The van der Waals surface area contributed by atoms with Crippen LogP contribution in [0.1, 0.15) is 25.7 Å².